The number of hydrogen-bond donors (Lipinski definition) is 3. The Hall–Kier alpha value is -1.85. The molecule has 0 amide bonds. The van der Waals surface area contributed by atoms with Crippen LogP contribution in [0.1, 0.15) is 16.7 Å². The van der Waals surface area contributed by atoms with Crippen molar-refractivity contribution in [3.63, 3.8) is 0 Å². The van der Waals surface area contributed by atoms with Crippen molar-refractivity contribution in [2.45, 2.75) is 24.8 Å². The molecule has 0 atom stereocenters. The summed E-state index contributed by atoms with van der Waals surface area (Å²) >= 11 is 0. The number of guanidine groups is 1. The molecule has 28 heavy (non-hydrogen) atoms. The number of nitrogens with two attached hydrogens (primary N) is 1. The second-order valence-electron chi connectivity index (χ2n) is 6.10. The second-order valence-corrected chi connectivity index (χ2v) is 7.66. The van der Waals surface area contributed by atoms with Crippen LogP contribution in [0, 0.1) is 6.92 Å². The maximum Gasteiger partial charge on any atom is 0.238 e. The van der Waals surface area contributed by atoms with Gasteiger partial charge < -0.3 is 15.4 Å². The van der Waals surface area contributed by atoms with Crippen molar-refractivity contribution >= 4 is 40.0 Å². The van der Waals surface area contributed by atoms with Crippen molar-refractivity contribution in [1.29, 1.82) is 0 Å². The lowest BCUT2D eigenvalue weighted by Gasteiger charge is -2.13. The maximum atomic E-state index is 11.4. The van der Waals surface area contributed by atoms with Gasteiger partial charge in [-0.1, -0.05) is 24.3 Å². The Bertz CT molecular complexity index is 917. The van der Waals surface area contributed by atoms with E-state index >= 15 is 0 Å². The first kappa shape index (κ1) is 24.2. The topological polar surface area (TPSA) is 106 Å². The minimum Gasteiger partial charge on any atom is -0.496 e. The average Bonchev–Trinajstić information content (AvgIpc) is 2.65. The zero-order chi connectivity index (χ0) is 19.9. The molecule has 0 aliphatic carbocycles. The summed E-state index contributed by atoms with van der Waals surface area (Å²) in [4.78, 5) is 4.28. The van der Waals surface area contributed by atoms with Crippen molar-refractivity contribution in [3.8, 4) is 5.75 Å². The third-order valence-electron chi connectivity index (χ3n) is 4.09. The molecule has 0 bridgehead atoms. The van der Waals surface area contributed by atoms with Gasteiger partial charge in [0.05, 0.1) is 12.0 Å². The predicted molar refractivity (Wildman–Crippen MR) is 123 cm³/mol. The molecule has 4 N–H and O–H groups in total. The van der Waals surface area contributed by atoms with Crippen LogP contribution in [0.5, 0.6) is 5.75 Å². The molecular formula is C19H27IN4O3S. The van der Waals surface area contributed by atoms with Crippen molar-refractivity contribution in [3.05, 3.63) is 59.2 Å². The lowest BCUT2D eigenvalue weighted by molar-refractivity contribution is 0.411. The number of primary sulfonamides is 1. The fraction of sp³-hybridized carbons (Fsp3) is 0.316. The van der Waals surface area contributed by atoms with Crippen molar-refractivity contribution in [2.24, 2.45) is 10.1 Å². The van der Waals surface area contributed by atoms with E-state index in [1.54, 1.807) is 26.3 Å². The number of aliphatic imine (C=N–C) groups is 1. The number of hydrogen-bond acceptors (Lipinski definition) is 4. The third-order valence-corrected chi connectivity index (χ3v) is 5.00. The summed E-state index contributed by atoms with van der Waals surface area (Å²) in [6.07, 6.45) is 0.818. The summed E-state index contributed by atoms with van der Waals surface area (Å²) in [6.45, 7) is 3.14. The van der Waals surface area contributed by atoms with Crippen LogP contribution in [0.3, 0.4) is 0 Å². The Labute approximate surface area is 183 Å². The van der Waals surface area contributed by atoms with Crippen LogP contribution in [0.2, 0.25) is 0 Å². The highest BCUT2D eigenvalue weighted by Gasteiger charge is 2.08. The molecule has 9 heteroatoms. The van der Waals surface area contributed by atoms with Gasteiger partial charge in [-0.15, -0.1) is 24.0 Å². The Morgan fingerprint density at radius 3 is 2.54 bits per heavy atom. The van der Waals surface area contributed by atoms with Crippen LogP contribution in [0.25, 0.3) is 0 Å². The molecule has 0 aromatic heterocycles. The average molecular weight is 518 g/mol. The summed E-state index contributed by atoms with van der Waals surface area (Å²) in [5, 5.41) is 11.6. The number of nitrogens with one attached hydrogen (secondary N) is 2. The zero-order valence-electron chi connectivity index (χ0n) is 16.2. The molecule has 0 aliphatic rings. The van der Waals surface area contributed by atoms with Gasteiger partial charge in [-0.05, 0) is 48.2 Å². The van der Waals surface area contributed by atoms with Gasteiger partial charge in [-0.3, -0.25) is 4.99 Å². The monoisotopic (exact) mass is 518 g/mol. The van der Waals surface area contributed by atoms with Gasteiger partial charge in [-0.25, -0.2) is 13.6 Å². The van der Waals surface area contributed by atoms with Crippen molar-refractivity contribution in [1.82, 2.24) is 10.6 Å². The molecular weight excluding hydrogens is 491 g/mol. The smallest absolute Gasteiger partial charge is 0.238 e. The summed E-state index contributed by atoms with van der Waals surface area (Å²) in [6, 6.07) is 12.7. The van der Waals surface area contributed by atoms with Crippen LogP contribution in [0.4, 0.5) is 0 Å². The fourth-order valence-corrected chi connectivity index (χ4v) is 3.17. The zero-order valence-corrected chi connectivity index (χ0v) is 19.4. The van der Waals surface area contributed by atoms with Crippen molar-refractivity contribution in [2.75, 3.05) is 20.7 Å². The minimum atomic E-state index is -3.71. The molecule has 0 radical (unpaired) electrons. The lowest BCUT2D eigenvalue weighted by atomic mass is 10.1. The largest absolute Gasteiger partial charge is 0.496 e. The number of benzene rings is 2. The van der Waals surface area contributed by atoms with Gasteiger partial charge in [0.25, 0.3) is 0 Å². The lowest BCUT2D eigenvalue weighted by Crippen LogP contribution is -2.37. The molecule has 0 unspecified atom stereocenters. The standard InChI is InChI=1S/C19H26N4O3S.HI/c1-14-7-8-15(12-18(14)26-3)9-10-22-19(21-2)23-13-16-5-4-6-17(11-16)27(20,24)25;/h4-8,11-12H,9-10,13H2,1-3H3,(H2,20,24,25)(H2,21,22,23);1H. The van der Waals surface area contributed by atoms with E-state index in [4.69, 9.17) is 9.88 Å². The maximum absolute atomic E-state index is 11.4. The van der Waals surface area contributed by atoms with Gasteiger partial charge in [0.2, 0.25) is 10.0 Å². The summed E-state index contributed by atoms with van der Waals surface area (Å²) in [5.74, 6) is 1.51. The van der Waals surface area contributed by atoms with E-state index in [0.29, 0.717) is 19.0 Å². The Morgan fingerprint density at radius 2 is 1.89 bits per heavy atom. The van der Waals surface area contributed by atoms with Crippen LogP contribution in [-0.4, -0.2) is 35.1 Å². The number of aryl methyl sites for hydroxylation is 1. The highest BCUT2D eigenvalue weighted by Crippen LogP contribution is 2.19. The quantitative estimate of drug-likeness (QED) is 0.296. The second kappa shape index (κ2) is 11.2. The first-order valence-electron chi connectivity index (χ1n) is 8.53. The highest BCUT2D eigenvalue weighted by atomic mass is 127. The molecule has 0 fully saturated rings. The van der Waals surface area contributed by atoms with E-state index in [2.05, 4.69) is 21.7 Å². The van der Waals surface area contributed by atoms with E-state index in [0.717, 1.165) is 23.3 Å². The number of methoxy groups -OCH3 is 1. The Kier molecular flexibility index (Phi) is 9.70. The predicted octanol–water partition coefficient (Wildman–Crippen LogP) is 2.18. The van der Waals surface area contributed by atoms with E-state index in [9.17, 15) is 8.42 Å². The molecule has 0 spiro atoms. The van der Waals surface area contributed by atoms with Crippen LogP contribution < -0.4 is 20.5 Å². The molecule has 154 valence electrons. The molecule has 2 rings (SSSR count). The number of rotatable bonds is 7. The van der Waals surface area contributed by atoms with Gasteiger partial charge in [0.15, 0.2) is 5.96 Å². The number of ether oxygens (including phenoxy) is 1. The van der Waals surface area contributed by atoms with E-state index in [1.165, 1.54) is 11.6 Å². The highest BCUT2D eigenvalue weighted by molar-refractivity contribution is 14.0. The van der Waals surface area contributed by atoms with Gasteiger partial charge >= 0.3 is 0 Å². The van der Waals surface area contributed by atoms with Gasteiger partial charge in [-0.2, -0.15) is 0 Å². The molecule has 0 aliphatic heterocycles. The molecule has 7 nitrogen and oxygen atoms in total. The summed E-state index contributed by atoms with van der Waals surface area (Å²) < 4.78 is 28.2. The normalized spacial score (nSPS) is 11.5. The molecule has 2 aromatic carbocycles. The van der Waals surface area contributed by atoms with Gasteiger partial charge in [0.1, 0.15) is 5.75 Å². The van der Waals surface area contributed by atoms with E-state index < -0.39 is 10.0 Å². The van der Waals surface area contributed by atoms with Gasteiger partial charge in [0, 0.05) is 20.1 Å². The minimum absolute atomic E-state index is 0. The Balaban J connectivity index is 0.00000392. The number of sulfonamides is 1. The fourth-order valence-electron chi connectivity index (χ4n) is 2.58. The molecule has 0 heterocycles. The summed E-state index contributed by atoms with van der Waals surface area (Å²) in [7, 11) is -0.354. The Morgan fingerprint density at radius 1 is 1.14 bits per heavy atom. The van der Waals surface area contributed by atoms with Crippen molar-refractivity contribution < 1.29 is 13.2 Å². The SMILES string of the molecule is CN=C(NCCc1ccc(C)c(OC)c1)NCc1cccc(S(N)(=O)=O)c1.I. The van der Waals surface area contributed by atoms with E-state index in [1.807, 2.05) is 25.1 Å². The van der Waals surface area contributed by atoms with E-state index in [-0.39, 0.29) is 28.9 Å². The van der Waals surface area contributed by atoms with Crippen LogP contribution in [0.15, 0.2) is 52.4 Å². The van der Waals surface area contributed by atoms with Crippen LogP contribution >= 0.6 is 24.0 Å². The number of halogens is 1. The summed E-state index contributed by atoms with van der Waals surface area (Å²) in [5.41, 5.74) is 3.07. The molecule has 0 saturated carbocycles. The third kappa shape index (κ3) is 7.28. The van der Waals surface area contributed by atoms with Crippen LogP contribution in [-0.2, 0) is 23.0 Å². The molecule has 2 aromatic rings. The first-order valence-corrected chi connectivity index (χ1v) is 10.1. The first-order chi connectivity index (χ1) is 12.8. The number of nitrogens with zero attached hydrogens (tertiary/aromatic N) is 1. The molecule has 0 saturated heterocycles.